The van der Waals surface area contributed by atoms with Crippen LogP contribution in [-0.4, -0.2) is 10.1 Å². The second-order valence-corrected chi connectivity index (χ2v) is 2.36. The maximum Gasteiger partial charge on any atom is 0.189 e. The Hall–Kier alpha value is -1.51. The van der Waals surface area contributed by atoms with Crippen molar-refractivity contribution in [3.05, 3.63) is 30.1 Å². The predicted molar refractivity (Wildman–Crippen MR) is 39.9 cm³/mol. The molecule has 2 rings (SSSR count). The van der Waals surface area contributed by atoms with Gasteiger partial charge in [0.1, 0.15) is 5.82 Å². The zero-order chi connectivity index (χ0) is 7.84. The van der Waals surface area contributed by atoms with Gasteiger partial charge in [0.25, 0.3) is 0 Å². The van der Waals surface area contributed by atoms with Gasteiger partial charge in [-0.2, -0.15) is 0 Å². The molecule has 11 heavy (non-hydrogen) atoms. The van der Waals surface area contributed by atoms with E-state index in [2.05, 4.69) is 4.98 Å². The molecule has 0 aliphatic heterocycles. The topological polar surface area (TPSA) is 36.0 Å². The van der Waals surface area contributed by atoms with E-state index in [4.69, 9.17) is 5.11 Å². The van der Waals surface area contributed by atoms with Crippen LogP contribution >= 0.6 is 0 Å². The average molecular weight is 151 g/mol. The highest BCUT2D eigenvalue weighted by Crippen LogP contribution is 2.21. The van der Waals surface area contributed by atoms with Gasteiger partial charge in [-0.05, 0) is 12.1 Å². The Morgan fingerprint density at radius 1 is 1.36 bits per heavy atom. The molecule has 1 aromatic heterocycles. The number of hydrogen-bond donors (Lipinski definition) is 2. The van der Waals surface area contributed by atoms with Crippen molar-refractivity contribution >= 4 is 10.9 Å². The summed E-state index contributed by atoms with van der Waals surface area (Å²) in [6, 6.07) is 6.02. The Bertz CT molecular complexity index is 394. The molecule has 0 amide bonds. The molecule has 2 nitrogen and oxygen atoms in total. The summed E-state index contributed by atoms with van der Waals surface area (Å²) in [4.78, 5) is 2.61. The van der Waals surface area contributed by atoms with Crippen LogP contribution in [0.2, 0.25) is 0 Å². The van der Waals surface area contributed by atoms with Crippen molar-refractivity contribution in [3.63, 3.8) is 0 Å². The van der Waals surface area contributed by atoms with Crippen LogP contribution in [0.1, 0.15) is 0 Å². The van der Waals surface area contributed by atoms with E-state index in [9.17, 15) is 4.39 Å². The van der Waals surface area contributed by atoms with Crippen LogP contribution in [0.25, 0.3) is 10.9 Å². The molecule has 0 radical (unpaired) electrons. The Morgan fingerprint density at radius 2 is 2.18 bits per heavy atom. The van der Waals surface area contributed by atoms with Gasteiger partial charge in [0, 0.05) is 11.5 Å². The third-order valence-corrected chi connectivity index (χ3v) is 1.60. The molecule has 56 valence electrons. The highest BCUT2D eigenvalue weighted by atomic mass is 19.1. The maximum absolute atomic E-state index is 12.9. The number of nitrogens with one attached hydrogen (secondary N) is 1. The zero-order valence-corrected chi connectivity index (χ0v) is 5.63. The van der Waals surface area contributed by atoms with E-state index in [0.29, 0.717) is 10.9 Å². The highest BCUT2D eigenvalue weighted by Gasteiger charge is 2.02. The van der Waals surface area contributed by atoms with Gasteiger partial charge in [0.15, 0.2) is 5.88 Å². The van der Waals surface area contributed by atoms with Gasteiger partial charge < -0.3 is 10.1 Å². The minimum Gasteiger partial charge on any atom is -0.495 e. The summed E-state index contributed by atoms with van der Waals surface area (Å²) >= 11 is 0. The molecule has 1 heterocycles. The molecule has 0 fully saturated rings. The number of aromatic amines is 1. The SMILES string of the molecule is Oc1cc2c(F)cccc2[nH]1. The van der Waals surface area contributed by atoms with Crippen molar-refractivity contribution in [2.45, 2.75) is 0 Å². The van der Waals surface area contributed by atoms with Crippen LogP contribution in [0.5, 0.6) is 5.88 Å². The van der Waals surface area contributed by atoms with Crippen molar-refractivity contribution in [1.82, 2.24) is 4.98 Å². The molecule has 0 spiro atoms. The molecule has 0 unspecified atom stereocenters. The van der Waals surface area contributed by atoms with Crippen molar-refractivity contribution < 1.29 is 9.50 Å². The van der Waals surface area contributed by atoms with Crippen molar-refractivity contribution in [1.29, 1.82) is 0 Å². The quantitative estimate of drug-likeness (QED) is 0.593. The van der Waals surface area contributed by atoms with Gasteiger partial charge in [-0.15, -0.1) is 0 Å². The Labute approximate surface area is 62.3 Å². The second kappa shape index (κ2) is 1.99. The Balaban J connectivity index is 2.90. The molecule has 0 saturated heterocycles. The molecule has 2 aromatic rings. The molecule has 1 aromatic carbocycles. The fraction of sp³-hybridized carbons (Fsp3) is 0. The molecular formula is C8H6FNO. The van der Waals surface area contributed by atoms with Crippen LogP contribution in [-0.2, 0) is 0 Å². The number of halogens is 1. The van der Waals surface area contributed by atoms with Crippen LogP contribution in [0.15, 0.2) is 24.3 Å². The first-order valence-corrected chi connectivity index (χ1v) is 3.23. The summed E-state index contributed by atoms with van der Waals surface area (Å²) in [6.07, 6.45) is 0. The normalized spacial score (nSPS) is 10.6. The number of rotatable bonds is 0. The predicted octanol–water partition coefficient (Wildman–Crippen LogP) is 2.01. The van der Waals surface area contributed by atoms with Crippen LogP contribution in [0, 0.1) is 5.82 Å². The monoisotopic (exact) mass is 151 g/mol. The molecule has 0 bridgehead atoms. The van der Waals surface area contributed by atoms with E-state index in [1.165, 1.54) is 12.1 Å². The van der Waals surface area contributed by atoms with Gasteiger partial charge >= 0.3 is 0 Å². The third-order valence-electron chi connectivity index (χ3n) is 1.60. The molecule has 2 N–H and O–H groups in total. The average Bonchev–Trinajstić information content (AvgIpc) is 2.31. The fourth-order valence-corrected chi connectivity index (χ4v) is 1.10. The first-order chi connectivity index (χ1) is 5.27. The standard InChI is InChI=1S/C8H6FNO/c9-6-2-1-3-7-5(6)4-8(11)10-7/h1-4,10-11H. The summed E-state index contributed by atoms with van der Waals surface area (Å²) in [6.45, 7) is 0. The number of hydrogen-bond acceptors (Lipinski definition) is 1. The van der Waals surface area contributed by atoms with Crippen LogP contribution in [0.4, 0.5) is 4.39 Å². The third kappa shape index (κ3) is 0.852. The van der Waals surface area contributed by atoms with Crippen LogP contribution < -0.4 is 0 Å². The van der Waals surface area contributed by atoms with E-state index < -0.39 is 0 Å². The first-order valence-electron chi connectivity index (χ1n) is 3.23. The lowest BCUT2D eigenvalue weighted by Gasteiger charge is -1.88. The molecule has 0 saturated carbocycles. The van der Waals surface area contributed by atoms with Gasteiger partial charge in [-0.25, -0.2) is 4.39 Å². The highest BCUT2D eigenvalue weighted by molar-refractivity contribution is 5.81. The maximum atomic E-state index is 12.9. The van der Waals surface area contributed by atoms with Gasteiger partial charge in [-0.3, -0.25) is 0 Å². The minimum atomic E-state index is -0.320. The molecule has 0 aliphatic carbocycles. The van der Waals surface area contributed by atoms with Crippen molar-refractivity contribution in [3.8, 4) is 5.88 Å². The van der Waals surface area contributed by atoms with E-state index in [1.54, 1.807) is 12.1 Å². The van der Waals surface area contributed by atoms with E-state index in [-0.39, 0.29) is 11.7 Å². The Morgan fingerprint density at radius 3 is 2.91 bits per heavy atom. The summed E-state index contributed by atoms with van der Waals surface area (Å²) < 4.78 is 12.9. The second-order valence-electron chi connectivity index (χ2n) is 2.36. The zero-order valence-electron chi connectivity index (χ0n) is 5.63. The number of H-pyrrole nitrogens is 1. The minimum absolute atomic E-state index is 0.00917. The van der Waals surface area contributed by atoms with Crippen LogP contribution in [0.3, 0.4) is 0 Å². The lowest BCUT2D eigenvalue weighted by Crippen LogP contribution is -1.72. The summed E-state index contributed by atoms with van der Waals surface area (Å²) in [5.41, 5.74) is 0.613. The molecule has 0 atom stereocenters. The smallest absolute Gasteiger partial charge is 0.189 e. The number of fused-ring (bicyclic) bond motifs is 1. The van der Waals surface area contributed by atoms with E-state index in [0.717, 1.165) is 0 Å². The van der Waals surface area contributed by atoms with Gasteiger partial charge in [0.05, 0.1) is 5.52 Å². The number of aromatic hydroxyl groups is 1. The Kier molecular flexibility index (Phi) is 1.12. The molecular weight excluding hydrogens is 145 g/mol. The number of benzene rings is 1. The number of aromatic nitrogens is 1. The van der Waals surface area contributed by atoms with E-state index in [1.807, 2.05) is 0 Å². The summed E-state index contributed by atoms with van der Waals surface area (Å²) in [7, 11) is 0. The molecule has 0 aliphatic rings. The van der Waals surface area contributed by atoms with E-state index >= 15 is 0 Å². The van der Waals surface area contributed by atoms with Gasteiger partial charge in [0.2, 0.25) is 0 Å². The summed E-state index contributed by atoms with van der Waals surface area (Å²) in [5, 5.41) is 9.38. The fourth-order valence-electron chi connectivity index (χ4n) is 1.10. The first kappa shape index (κ1) is 6.22. The lowest BCUT2D eigenvalue weighted by molar-refractivity contribution is 0.458. The largest absolute Gasteiger partial charge is 0.495 e. The summed E-state index contributed by atoms with van der Waals surface area (Å²) in [5.74, 6) is -0.329. The molecule has 3 heteroatoms. The van der Waals surface area contributed by atoms with Gasteiger partial charge in [-0.1, -0.05) is 6.07 Å². The lowest BCUT2D eigenvalue weighted by atomic mass is 10.2. The van der Waals surface area contributed by atoms with Crippen molar-refractivity contribution in [2.75, 3.05) is 0 Å². The van der Waals surface area contributed by atoms with Crippen molar-refractivity contribution in [2.24, 2.45) is 0 Å².